The van der Waals surface area contributed by atoms with Crippen LogP contribution in [0.25, 0.3) is 0 Å². The SMILES string of the molecule is CCC1CCCCN1CCC(=O)Nc1c(Cl)cccc1Cl. The molecule has 3 nitrogen and oxygen atoms in total. The highest BCUT2D eigenvalue weighted by Crippen LogP contribution is 2.30. The van der Waals surface area contributed by atoms with Gasteiger partial charge in [0.25, 0.3) is 0 Å². The van der Waals surface area contributed by atoms with Crippen molar-refractivity contribution in [2.75, 3.05) is 18.4 Å². The predicted octanol–water partition coefficient (Wildman–Crippen LogP) is 4.59. The van der Waals surface area contributed by atoms with Gasteiger partial charge in [-0.05, 0) is 37.9 Å². The van der Waals surface area contributed by atoms with Crippen molar-refractivity contribution in [2.24, 2.45) is 0 Å². The van der Waals surface area contributed by atoms with Gasteiger partial charge in [0, 0.05) is 19.0 Å². The van der Waals surface area contributed by atoms with Crippen LogP contribution in [0.15, 0.2) is 18.2 Å². The maximum atomic E-state index is 12.1. The van der Waals surface area contributed by atoms with Crippen LogP contribution in [0.1, 0.15) is 39.0 Å². The number of halogens is 2. The number of benzene rings is 1. The van der Waals surface area contributed by atoms with Crippen LogP contribution in [-0.4, -0.2) is 29.9 Å². The summed E-state index contributed by atoms with van der Waals surface area (Å²) in [5, 5.41) is 3.77. The number of likely N-dealkylation sites (tertiary alicyclic amines) is 1. The fraction of sp³-hybridized carbons (Fsp3) is 0.562. The molecule has 0 bridgehead atoms. The Morgan fingerprint density at radius 3 is 2.71 bits per heavy atom. The molecule has 1 aliphatic heterocycles. The molecule has 0 spiro atoms. The fourth-order valence-electron chi connectivity index (χ4n) is 2.88. The molecule has 0 aliphatic carbocycles. The smallest absolute Gasteiger partial charge is 0.225 e. The maximum absolute atomic E-state index is 12.1. The van der Waals surface area contributed by atoms with E-state index in [4.69, 9.17) is 23.2 Å². The van der Waals surface area contributed by atoms with Crippen molar-refractivity contribution in [1.82, 2.24) is 4.90 Å². The van der Waals surface area contributed by atoms with Crippen molar-refractivity contribution >= 4 is 34.8 Å². The summed E-state index contributed by atoms with van der Waals surface area (Å²) in [6.07, 6.45) is 5.40. The van der Waals surface area contributed by atoms with Gasteiger partial charge in [0.1, 0.15) is 0 Å². The summed E-state index contributed by atoms with van der Waals surface area (Å²) in [5.74, 6) is -0.0366. The first-order valence-electron chi connectivity index (χ1n) is 7.59. The van der Waals surface area contributed by atoms with Gasteiger partial charge in [0.2, 0.25) is 5.91 Å². The predicted molar refractivity (Wildman–Crippen MR) is 89.2 cm³/mol. The lowest BCUT2D eigenvalue weighted by molar-refractivity contribution is -0.116. The normalized spacial score (nSPS) is 19.5. The number of para-hydroxylation sites is 1. The Hall–Kier alpha value is -0.770. The Morgan fingerprint density at radius 2 is 2.05 bits per heavy atom. The van der Waals surface area contributed by atoms with E-state index in [0.29, 0.717) is 28.2 Å². The number of hydrogen-bond donors (Lipinski definition) is 1. The van der Waals surface area contributed by atoms with Gasteiger partial charge >= 0.3 is 0 Å². The summed E-state index contributed by atoms with van der Waals surface area (Å²) in [5.41, 5.74) is 0.511. The first-order chi connectivity index (χ1) is 10.1. The van der Waals surface area contributed by atoms with E-state index in [-0.39, 0.29) is 5.91 Å². The van der Waals surface area contributed by atoms with E-state index in [1.807, 2.05) is 0 Å². The Labute approximate surface area is 136 Å². The monoisotopic (exact) mass is 328 g/mol. The number of carbonyl (C=O) groups is 1. The van der Waals surface area contributed by atoms with Crippen LogP contribution in [0.2, 0.25) is 10.0 Å². The van der Waals surface area contributed by atoms with Crippen LogP contribution >= 0.6 is 23.2 Å². The van der Waals surface area contributed by atoms with E-state index in [9.17, 15) is 4.79 Å². The van der Waals surface area contributed by atoms with E-state index >= 15 is 0 Å². The number of piperidine rings is 1. The summed E-state index contributed by atoms with van der Waals surface area (Å²) >= 11 is 12.1. The van der Waals surface area contributed by atoms with Crippen molar-refractivity contribution in [2.45, 2.75) is 45.1 Å². The molecule has 1 atom stereocenters. The molecule has 116 valence electrons. The number of carbonyl (C=O) groups excluding carboxylic acids is 1. The molecule has 1 aliphatic rings. The van der Waals surface area contributed by atoms with Crippen LogP contribution in [0.5, 0.6) is 0 Å². The number of rotatable bonds is 5. The molecule has 21 heavy (non-hydrogen) atoms. The van der Waals surface area contributed by atoms with Crippen molar-refractivity contribution < 1.29 is 4.79 Å². The molecule has 1 heterocycles. The first-order valence-corrected chi connectivity index (χ1v) is 8.35. The lowest BCUT2D eigenvalue weighted by atomic mass is 10.00. The van der Waals surface area contributed by atoms with Crippen LogP contribution < -0.4 is 5.32 Å². The van der Waals surface area contributed by atoms with Gasteiger partial charge in [-0.3, -0.25) is 9.69 Å². The van der Waals surface area contributed by atoms with Crippen molar-refractivity contribution in [3.8, 4) is 0 Å². The zero-order chi connectivity index (χ0) is 15.2. The lowest BCUT2D eigenvalue weighted by Gasteiger charge is -2.35. The van der Waals surface area contributed by atoms with E-state index in [1.54, 1.807) is 18.2 Å². The molecule has 0 aromatic heterocycles. The molecule has 5 heteroatoms. The summed E-state index contributed by atoms with van der Waals surface area (Å²) < 4.78 is 0. The van der Waals surface area contributed by atoms with Gasteiger partial charge < -0.3 is 5.32 Å². The van der Waals surface area contributed by atoms with Crippen LogP contribution in [-0.2, 0) is 4.79 Å². The van der Waals surface area contributed by atoms with Gasteiger partial charge in [0.15, 0.2) is 0 Å². The minimum Gasteiger partial charge on any atom is -0.324 e. The highest BCUT2D eigenvalue weighted by molar-refractivity contribution is 6.39. The zero-order valence-corrected chi connectivity index (χ0v) is 13.9. The molecule has 1 unspecified atom stereocenters. The average Bonchev–Trinajstić information content (AvgIpc) is 2.49. The number of anilines is 1. The van der Waals surface area contributed by atoms with Crippen molar-refractivity contribution in [3.63, 3.8) is 0 Å². The van der Waals surface area contributed by atoms with E-state index < -0.39 is 0 Å². The standard InChI is InChI=1S/C16H22Cl2N2O/c1-2-12-6-3-4-10-20(12)11-9-15(21)19-16-13(17)7-5-8-14(16)18/h5,7-8,12H,2-4,6,9-11H2,1H3,(H,19,21). The van der Waals surface area contributed by atoms with E-state index in [2.05, 4.69) is 17.1 Å². The van der Waals surface area contributed by atoms with Gasteiger partial charge in [-0.25, -0.2) is 0 Å². The Kier molecular flexibility index (Phi) is 6.34. The number of nitrogens with zero attached hydrogens (tertiary/aromatic N) is 1. The fourth-order valence-corrected chi connectivity index (χ4v) is 3.37. The number of amides is 1. The Bertz CT molecular complexity index is 473. The summed E-state index contributed by atoms with van der Waals surface area (Å²) in [4.78, 5) is 14.5. The molecule has 1 aromatic carbocycles. The van der Waals surface area contributed by atoms with Crippen LogP contribution in [0, 0.1) is 0 Å². The van der Waals surface area contributed by atoms with Gasteiger partial charge in [-0.1, -0.05) is 42.6 Å². The van der Waals surface area contributed by atoms with Gasteiger partial charge in [0.05, 0.1) is 15.7 Å². The number of hydrogen-bond acceptors (Lipinski definition) is 2. The third kappa shape index (κ3) is 4.60. The minimum absolute atomic E-state index is 0.0366. The third-order valence-corrected chi connectivity index (χ3v) is 4.70. The summed E-state index contributed by atoms with van der Waals surface area (Å²) in [7, 11) is 0. The highest BCUT2D eigenvalue weighted by Gasteiger charge is 2.21. The molecule has 2 rings (SSSR count). The second-order valence-electron chi connectivity index (χ2n) is 5.49. The molecule has 0 radical (unpaired) electrons. The molecule has 0 saturated carbocycles. The quantitative estimate of drug-likeness (QED) is 0.857. The molecule has 1 amide bonds. The summed E-state index contributed by atoms with van der Waals surface area (Å²) in [6.45, 7) is 4.11. The van der Waals surface area contributed by atoms with Crippen LogP contribution in [0.3, 0.4) is 0 Å². The highest BCUT2D eigenvalue weighted by atomic mass is 35.5. The second-order valence-corrected chi connectivity index (χ2v) is 6.30. The topological polar surface area (TPSA) is 32.3 Å². The second kappa shape index (κ2) is 8.02. The maximum Gasteiger partial charge on any atom is 0.225 e. The lowest BCUT2D eigenvalue weighted by Crippen LogP contribution is -2.40. The minimum atomic E-state index is -0.0366. The van der Waals surface area contributed by atoms with Gasteiger partial charge in [-0.2, -0.15) is 0 Å². The first kappa shape index (κ1) is 16.6. The van der Waals surface area contributed by atoms with Crippen LogP contribution in [0.4, 0.5) is 5.69 Å². The summed E-state index contributed by atoms with van der Waals surface area (Å²) in [6, 6.07) is 5.83. The van der Waals surface area contributed by atoms with Crippen molar-refractivity contribution in [3.05, 3.63) is 28.2 Å². The third-order valence-electron chi connectivity index (χ3n) is 4.07. The molecule has 1 N–H and O–H groups in total. The van der Waals surface area contributed by atoms with E-state index in [0.717, 1.165) is 19.5 Å². The molecular weight excluding hydrogens is 307 g/mol. The zero-order valence-electron chi connectivity index (χ0n) is 12.4. The number of nitrogens with one attached hydrogen (secondary N) is 1. The van der Waals surface area contributed by atoms with Gasteiger partial charge in [-0.15, -0.1) is 0 Å². The largest absolute Gasteiger partial charge is 0.324 e. The van der Waals surface area contributed by atoms with Crippen molar-refractivity contribution in [1.29, 1.82) is 0 Å². The molecule has 1 saturated heterocycles. The Morgan fingerprint density at radius 1 is 1.33 bits per heavy atom. The average molecular weight is 329 g/mol. The van der Waals surface area contributed by atoms with E-state index in [1.165, 1.54) is 19.3 Å². The molecular formula is C16H22Cl2N2O. The molecule has 1 fully saturated rings. The Balaban J connectivity index is 1.87. The molecule has 1 aromatic rings.